The SMILES string of the molecule is C[N+]1(Cc2ccc(Cl)c(Cl)c2)CCN(CCCNc2cc(Cl)ccc2Sc2ccc3ccccc3c2)CC1.[Cl-]. The van der Waals surface area contributed by atoms with Crippen molar-refractivity contribution < 1.29 is 16.9 Å². The standard InChI is InChI=1S/C31H33Cl3N3S.ClH/c1-37(22-23-7-11-28(33)29(34)19-23)17-15-36(16-18-37)14-4-13-35-30-21-26(32)9-12-31(30)38-27-10-8-24-5-2-3-6-25(24)20-27;/h2-3,5-12,19-21,35H,4,13-18,22H2,1H3;1H/q+1;/p-1. The number of rotatable bonds is 9. The van der Waals surface area contributed by atoms with Gasteiger partial charge in [0.25, 0.3) is 0 Å². The summed E-state index contributed by atoms with van der Waals surface area (Å²) in [7, 11) is 2.34. The van der Waals surface area contributed by atoms with Crippen LogP contribution in [-0.4, -0.2) is 55.7 Å². The van der Waals surface area contributed by atoms with E-state index >= 15 is 0 Å². The number of likely N-dealkylation sites (N-methyl/N-ethyl adjacent to an activating group) is 1. The highest BCUT2D eigenvalue weighted by atomic mass is 35.5. The average Bonchev–Trinajstić information content (AvgIpc) is 2.91. The molecule has 1 fully saturated rings. The summed E-state index contributed by atoms with van der Waals surface area (Å²) in [6.45, 7) is 7.48. The molecular formula is C31H33Cl4N3S. The first-order valence-electron chi connectivity index (χ1n) is 13.1. The Labute approximate surface area is 257 Å². The van der Waals surface area contributed by atoms with Gasteiger partial charge in [-0.05, 0) is 59.7 Å². The number of nitrogens with one attached hydrogen (secondary N) is 1. The lowest BCUT2D eigenvalue weighted by Gasteiger charge is -2.42. The molecule has 0 radical (unpaired) electrons. The van der Waals surface area contributed by atoms with Gasteiger partial charge in [-0.1, -0.05) is 83.0 Å². The number of halogens is 4. The second-order valence-corrected chi connectivity index (χ2v) is 12.7. The number of quaternary nitrogens is 1. The topological polar surface area (TPSA) is 15.3 Å². The molecule has 0 spiro atoms. The second-order valence-electron chi connectivity index (χ2n) is 10.3. The van der Waals surface area contributed by atoms with Crippen molar-refractivity contribution >= 4 is 63.0 Å². The lowest BCUT2D eigenvalue weighted by Crippen LogP contribution is -3.00. The third kappa shape index (κ3) is 8.20. The summed E-state index contributed by atoms with van der Waals surface area (Å²) in [5.74, 6) is 0. The summed E-state index contributed by atoms with van der Waals surface area (Å²) in [5.41, 5.74) is 2.35. The zero-order valence-electron chi connectivity index (χ0n) is 22.0. The molecule has 0 saturated carbocycles. The number of fused-ring (bicyclic) bond motifs is 1. The predicted molar refractivity (Wildman–Crippen MR) is 165 cm³/mol. The van der Waals surface area contributed by atoms with E-state index in [1.165, 1.54) is 26.1 Å². The highest BCUT2D eigenvalue weighted by molar-refractivity contribution is 7.99. The first kappa shape index (κ1) is 30.3. The molecule has 0 atom stereocenters. The van der Waals surface area contributed by atoms with Crippen molar-refractivity contribution in [3.63, 3.8) is 0 Å². The lowest BCUT2D eigenvalue weighted by molar-refractivity contribution is -0.926. The third-order valence-electron chi connectivity index (χ3n) is 7.32. The van der Waals surface area contributed by atoms with E-state index in [9.17, 15) is 0 Å². The largest absolute Gasteiger partial charge is 1.00 e. The molecule has 1 aliphatic heterocycles. The van der Waals surface area contributed by atoms with Gasteiger partial charge in [-0.2, -0.15) is 0 Å². The maximum atomic E-state index is 6.36. The Kier molecular flexibility index (Phi) is 10.8. The fourth-order valence-corrected chi connectivity index (χ4v) is 6.51. The molecule has 0 unspecified atom stereocenters. The van der Waals surface area contributed by atoms with Crippen molar-refractivity contribution in [3.8, 4) is 0 Å². The molecule has 8 heteroatoms. The van der Waals surface area contributed by atoms with Crippen molar-refractivity contribution in [2.45, 2.75) is 22.8 Å². The molecule has 0 amide bonds. The Bertz CT molecular complexity index is 1410. The second kappa shape index (κ2) is 13.8. The average molecular weight is 622 g/mol. The zero-order valence-corrected chi connectivity index (χ0v) is 25.8. The van der Waals surface area contributed by atoms with E-state index in [0.717, 1.165) is 67.4 Å². The molecule has 1 saturated heterocycles. The van der Waals surface area contributed by atoms with Gasteiger partial charge >= 0.3 is 0 Å². The number of hydrogen-bond acceptors (Lipinski definition) is 3. The predicted octanol–water partition coefficient (Wildman–Crippen LogP) is 5.72. The lowest BCUT2D eigenvalue weighted by atomic mass is 10.1. The van der Waals surface area contributed by atoms with Gasteiger partial charge in [0, 0.05) is 52.2 Å². The van der Waals surface area contributed by atoms with E-state index < -0.39 is 0 Å². The van der Waals surface area contributed by atoms with Gasteiger partial charge in [0.05, 0.1) is 30.2 Å². The van der Waals surface area contributed by atoms with Crippen molar-refractivity contribution in [1.82, 2.24) is 4.90 Å². The maximum Gasteiger partial charge on any atom is 0.104 e. The van der Waals surface area contributed by atoms with Crippen molar-refractivity contribution in [1.29, 1.82) is 0 Å². The fraction of sp³-hybridized carbons (Fsp3) is 0.290. The molecule has 4 aromatic carbocycles. The van der Waals surface area contributed by atoms with E-state index in [1.807, 2.05) is 24.3 Å². The number of anilines is 1. The van der Waals surface area contributed by atoms with E-state index in [4.69, 9.17) is 34.8 Å². The Hall–Kier alpha value is -1.63. The first-order chi connectivity index (χ1) is 18.4. The maximum absolute atomic E-state index is 6.36. The normalized spacial score (nSPS) is 15.2. The number of nitrogens with zero attached hydrogens (tertiary/aromatic N) is 2. The van der Waals surface area contributed by atoms with Crippen LogP contribution < -0.4 is 17.7 Å². The van der Waals surface area contributed by atoms with E-state index in [1.54, 1.807) is 11.8 Å². The molecule has 4 aromatic rings. The third-order valence-corrected chi connectivity index (χ3v) is 9.36. The zero-order chi connectivity index (χ0) is 26.5. The number of hydrogen-bond donors (Lipinski definition) is 1. The smallest absolute Gasteiger partial charge is 0.104 e. The Morgan fingerprint density at radius 3 is 2.38 bits per heavy atom. The minimum absolute atomic E-state index is 0. The highest BCUT2D eigenvalue weighted by Crippen LogP contribution is 2.36. The van der Waals surface area contributed by atoms with Crippen molar-refractivity contribution in [2.75, 3.05) is 51.6 Å². The van der Waals surface area contributed by atoms with Crippen molar-refractivity contribution in [3.05, 3.63) is 99.5 Å². The van der Waals surface area contributed by atoms with Gasteiger partial charge < -0.3 is 22.2 Å². The van der Waals surface area contributed by atoms with Crippen LogP contribution in [0, 0.1) is 0 Å². The van der Waals surface area contributed by atoms with Gasteiger partial charge in [0.2, 0.25) is 0 Å². The van der Waals surface area contributed by atoms with Gasteiger partial charge in [-0.3, -0.25) is 4.90 Å². The molecule has 39 heavy (non-hydrogen) atoms. The van der Waals surface area contributed by atoms with Crippen LogP contribution in [0.5, 0.6) is 0 Å². The van der Waals surface area contributed by atoms with Gasteiger partial charge in [-0.25, -0.2) is 0 Å². The van der Waals surface area contributed by atoms with Crippen LogP contribution in [0.3, 0.4) is 0 Å². The molecule has 0 aromatic heterocycles. The molecule has 206 valence electrons. The van der Waals surface area contributed by atoms with Crippen molar-refractivity contribution in [2.24, 2.45) is 0 Å². The van der Waals surface area contributed by atoms with Crippen LogP contribution in [0.2, 0.25) is 15.1 Å². The number of piperazine rings is 1. The Morgan fingerprint density at radius 1 is 0.846 bits per heavy atom. The van der Waals surface area contributed by atoms with Crippen LogP contribution in [-0.2, 0) is 6.54 Å². The van der Waals surface area contributed by atoms with Crippen LogP contribution in [0.15, 0.2) is 88.7 Å². The molecular weight excluding hydrogens is 588 g/mol. The summed E-state index contributed by atoms with van der Waals surface area (Å²) in [5, 5.41) is 8.18. The summed E-state index contributed by atoms with van der Waals surface area (Å²) in [6, 6.07) is 27.2. The Balaban J connectivity index is 0.00000353. The van der Waals surface area contributed by atoms with E-state index in [0.29, 0.717) is 10.0 Å². The Morgan fingerprint density at radius 2 is 1.62 bits per heavy atom. The van der Waals surface area contributed by atoms with E-state index in [2.05, 4.69) is 71.9 Å². The molecule has 0 aliphatic carbocycles. The van der Waals surface area contributed by atoms with Crippen LogP contribution in [0.4, 0.5) is 5.69 Å². The van der Waals surface area contributed by atoms with Gasteiger partial charge in [-0.15, -0.1) is 0 Å². The molecule has 1 heterocycles. The summed E-state index contributed by atoms with van der Waals surface area (Å²) >= 11 is 20.5. The molecule has 3 nitrogen and oxygen atoms in total. The number of benzene rings is 4. The molecule has 1 aliphatic rings. The van der Waals surface area contributed by atoms with Crippen LogP contribution in [0.1, 0.15) is 12.0 Å². The molecule has 5 rings (SSSR count). The molecule has 0 bridgehead atoms. The first-order valence-corrected chi connectivity index (χ1v) is 15.0. The van der Waals surface area contributed by atoms with Gasteiger partial charge in [0.15, 0.2) is 0 Å². The fourth-order valence-electron chi connectivity index (χ4n) is 5.06. The minimum atomic E-state index is 0. The minimum Gasteiger partial charge on any atom is -1.00 e. The monoisotopic (exact) mass is 619 g/mol. The summed E-state index contributed by atoms with van der Waals surface area (Å²) < 4.78 is 1.03. The van der Waals surface area contributed by atoms with Gasteiger partial charge in [0.1, 0.15) is 6.54 Å². The summed E-state index contributed by atoms with van der Waals surface area (Å²) in [4.78, 5) is 5.00. The quantitative estimate of drug-likeness (QED) is 0.190. The summed E-state index contributed by atoms with van der Waals surface area (Å²) in [6.07, 6.45) is 1.09. The highest BCUT2D eigenvalue weighted by Gasteiger charge is 2.28. The molecule has 1 N–H and O–H groups in total. The van der Waals surface area contributed by atoms with Crippen LogP contribution >= 0.6 is 46.6 Å². The van der Waals surface area contributed by atoms with E-state index in [-0.39, 0.29) is 12.4 Å². The van der Waals surface area contributed by atoms with Crippen LogP contribution in [0.25, 0.3) is 10.8 Å².